The second kappa shape index (κ2) is 13.7. The first-order valence-electron chi connectivity index (χ1n) is 9.70. The van der Waals surface area contributed by atoms with Crippen LogP contribution in [-0.4, -0.2) is 62.9 Å². The highest BCUT2D eigenvalue weighted by molar-refractivity contribution is 5.82. The molecule has 0 N–H and O–H groups in total. The van der Waals surface area contributed by atoms with Crippen LogP contribution in [0.15, 0.2) is 49.3 Å². The smallest absolute Gasteiger partial charge is 0.448 e. The first-order valence-corrected chi connectivity index (χ1v) is 9.70. The van der Waals surface area contributed by atoms with Gasteiger partial charge in [-0.15, -0.1) is 0 Å². The van der Waals surface area contributed by atoms with E-state index in [2.05, 4.69) is 24.5 Å². The molecule has 0 heterocycles. The Hall–Kier alpha value is -3.46. The van der Waals surface area contributed by atoms with Crippen molar-refractivity contribution in [3.05, 3.63) is 49.3 Å². The predicted octanol–water partition coefficient (Wildman–Crippen LogP) is 4.90. The van der Waals surface area contributed by atoms with Crippen LogP contribution in [0.25, 0.3) is 0 Å². The minimum Gasteiger partial charge on any atom is -0.488 e. The summed E-state index contributed by atoms with van der Waals surface area (Å²) in [5, 5.41) is 0. The standard InChI is InChI=1S/C21H21F9O7/c1-4-14(31)34-9-18(10-35-15(32)5-2,11-36-16(33)6-3)12-37-17(21(28,29)30)13(7-19(22,23)24)8-20(25,26)27/h4-6H,1-3,7-12H2. The summed E-state index contributed by atoms with van der Waals surface area (Å²) in [6.45, 7) is 4.54. The first-order chi connectivity index (χ1) is 16.8. The fourth-order valence-corrected chi connectivity index (χ4v) is 2.42. The van der Waals surface area contributed by atoms with E-state index in [1.165, 1.54) is 0 Å². The van der Waals surface area contributed by atoms with Crippen LogP contribution in [0.1, 0.15) is 12.8 Å². The normalized spacial score (nSPS) is 12.1. The Kier molecular flexibility index (Phi) is 12.5. The van der Waals surface area contributed by atoms with Crippen molar-refractivity contribution in [3.8, 4) is 0 Å². The lowest BCUT2D eigenvalue weighted by atomic mass is 9.92. The van der Waals surface area contributed by atoms with Crippen molar-refractivity contribution in [2.75, 3.05) is 26.4 Å². The second-order valence-electron chi connectivity index (χ2n) is 7.24. The number of esters is 3. The fraction of sp³-hybridized carbons (Fsp3) is 0.476. The van der Waals surface area contributed by atoms with Gasteiger partial charge in [0, 0.05) is 18.2 Å². The van der Waals surface area contributed by atoms with Gasteiger partial charge in [-0.1, -0.05) is 19.7 Å². The van der Waals surface area contributed by atoms with Gasteiger partial charge >= 0.3 is 36.4 Å². The summed E-state index contributed by atoms with van der Waals surface area (Å²) in [6.07, 6.45) is -20.3. The van der Waals surface area contributed by atoms with Gasteiger partial charge in [0.25, 0.3) is 0 Å². The number of hydrogen-bond donors (Lipinski definition) is 0. The molecular formula is C21H21F9O7. The van der Waals surface area contributed by atoms with Crippen molar-refractivity contribution in [1.29, 1.82) is 0 Å². The zero-order valence-corrected chi connectivity index (χ0v) is 18.9. The number of hydrogen-bond acceptors (Lipinski definition) is 7. The monoisotopic (exact) mass is 556 g/mol. The maximum absolute atomic E-state index is 13.6. The molecule has 0 aromatic carbocycles. The molecule has 7 nitrogen and oxygen atoms in total. The Morgan fingerprint density at radius 3 is 1.11 bits per heavy atom. The van der Waals surface area contributed by atoms with Crippen molar-refractivity contribution in [2.24, 2.45) is 5.41 Å². The minimum atomic E-state index is -5.86. The van der Waals surface area contributed by atoms with Crippen molar-refractivity contribution in [2.45, 2.75) is 31.4 Å². The Bertz CT molecular complexity index is 806. The quantitative estimate of drug-likeness (QED) is 0.0990. The molecule has 210 valence electrons. The SMILES string of the molecule is C=CC(=O)OCC(COC(=O)C=C)(COC(=O)C=C)COC(=C(CC(F)(F)F)CC(F)(F)F)C(F)(F)F. The number of carbonyl (C=O) groups excluding carboxylic acids is 3. The van der Waals surface area contributed by atoms with E-state index in [-0.39, 0.29) is 0 Å². The van der Waals surface area contributed by atoms with Crippen LogP contribution in [0.2, 0.25) is 0 Å². The van der Waals surface area contributed by atoms with Gasteiger partial charge in [0.15, 0.2) is 0 Å². The molecule has 0 spiro atoms. The average Bonchev–Trinajstić information content (AvgIpc) is 2.75. The van der Waals surface area contributed by atoms with Gasteiger partial charge in [-0.2, -0.15) is 39.5 Å². The molecule has 37 heavy (non-hydrogen) atoms. The van der Waals surface area contributed by atoms with Gasteiger partial charge in [-0.05, 0) is 5.57 Å². The summed E-state index contributed by atoms with van der Waals surface area (Å²) in [7, 11) is 0. The molecule has 0 rings (SSSR count). The molecule has 0 atom stereocenters. The van der Waals surface area contributed by atoms with Gasteiger partial charge < -0.3 is 18.9 Å². The summed E-state index contributed by atoms with van der Waals surface area (Å²) in [5.41, 5.74) is -4.45. The third kappa shape index (κ3) is 14.0. The van der Waals surface area contributed by atoms with Crippen LogP contribution in [0, 0.1) is 5.41 Å². The van der Waals surface area contributed by atoms with E-state index in [9.17, 15) is 53.9 Å². The number of carbonyl (C=O) groups is 3. The van der Waals surface area contributed by atoms with Crippen molar-refractivity contribution >= 4 is 17.9 Å². The summed E-state index contributed by atoms with van der Waals surface area (Å²) >= 11 is 0. The molecule has 0 unspecified atom stereocenters. The van der Waals surface area contributed by atoms with Crippen LogP contribution in [-0.2, 0) is 33.3 Å². The maximum atomic E-state index is 13.6. The lowest BCUT2D eigenvalue weighted by Crippen LogP contribution is -2.43. The molecule has 0 radical (unpaired) electrons. The third-order valence-electron chi connectivity index (χ3n) is 3.99. The van der Waals surface area contributed by atoms with Crippen molar-refractivity contribution in [1.82, 2.24) is 0 Å². The molecule has 0 aromatic heterocycles. The number of alkyl halides is 9. The molecule has 0 aliphatic rings. The first kappa shape index (κ1) is 33.5. The number of rotatable bonds is 14. The zero-order chi connectivity index (χ0) is 29.1. The van der Waals surface area contributed by atoms with Gasteiger partial charge in [-0.25, -0.2) is 14.4 Å². The van der Waals surface area contributed by atoms with Crippen LogP contribution in [0.3, 0.4) is 0 Å². The molecule has 0 bridgehead atoms. The van der Waals surface area contributed by atoms with Crippen LogP contribution >= 0.6 is 0 Å². The second-order valence-corrected chi connectivity index (χ2v) is 7.24. The molecular weight excluding hydrogens is 535 g/mol. The Morgan fingerprint density at radius 1 is 0.568 bits per heavy atom. The minimum absolute atomic E-state index is 0.600. The Balaban J connectivity index is 6.62. The number of ether oxygens (including phenoxy) is 4. The number of allylic oxidation sites excluding steroid dienone is 2. The fourth-order valence-electron chi connectivity index (χ4n) is 2.42. The molecule has 0 saturated carbocycles. The highest BCUT2D eigenvalue weighted by atomic mass is 19.4. The Morgan fingerprint density at radius 2 is 0.865 bits per heavy atom. The summed E-state index contributed by atoms with van der Waals surface area (Å²) in [4.78, 5) is 34.5. The molecule has 0 aliphatic carbocycles. The molecule has 0 aliphatic heterocycles. The van der Waals surface area contributed by atoms with E-state index in [1.807, 2.05) is 0 Å². The molecule has 0 aromatic rings. The van der Waals surface area contributed by atoms with Gasteiger partial charge in [0.1, 0.15) is 31.8 Å². The average molecular weight is 556 g/mol. The predicted molar refractivity (Wildman–Crippen MR) is 106 cm³/mol. The van der Waals surface area contributed by atoms with Crippen LogP contribution < -0.4 is 0 Å². The third-order valence-corrected chi connectivity index (χ3v) is 3.99. The van der Waals surface area contributed by atoms with Gasteiger partial charge in [0.2, 0.25) is 5.76 Å². The van der Waals surface area contributed by atoms with E-state index in [0.29, 0.717) is 18.2 Å². The van der Waals surface area contributed by atoms with E-state index >= 15 is 0 Å². The topological polar surface area (TPSA) is 88.1 Å². The number of halogens is 9. The summed E-state index contributed by atoms with van der Waals surface area (Å²) in [5.74, 6) is -6.19. The lowest BCUT2D eigenvalue weighted by molar-refractivity contribution is -0.173. The van der Waals surface area contributed by atoms with Crippen LogP contribution in [0.4, 0.5) is 39.5 Å². The zero-order valence-electron chi connectivity index (χ0n) is 18.9. The highest BCUT2D eigenvalue weighted by Crippen LogP contribution is 2.40. The van der Waals surface area contributed by atoms with Crippen molar-refractivity contribution in [3.63, 3.8) is 0 Å². The van der Waals surface area contributed by atoms with E-state index in [1.54, 1.807) is 0 Å². The molecule has 16 heteroatoms. The summed E-state index contributed by atoms with van der Waals surface area (Å²) < 4.78 is 136. The highest BCUT2D eigenvalue weighted by Gasteiger charge is 2.47. The molecule has 0 saturated heterocycles. The van der Waals surface area contributed by atoms with E-state index in [4.69, 9.17) is 14.2 Å². The van der Waals surface area contributed by atoms with Crippen molar-refractivity contribution < 1.29 is 72.8 Å². The van der Waals surface area contributed by atoms with Gasteiger partial charge in [-0.3, -0.25) is 0 Å². The van der Waals surface area contributed by atoms with Crippen LogP contribution in [0.5, 0.6) is 0 Å². The Labute approximate surface area is 204 Å². The van der Waals surface area contributed by atoms with E-state index in [0.717, 1.165) is 0 Å². The lowest BCUT2D eigenvalue weighted by Gasteiger charge is -2.32. The molecule has 0 fully saturated rings. The summed E-state index contributed by atoms with van der Waals surface area (Å²) in [6, 6.07) is 0. The maximum Gasteiger partial charge on any atom is 0.448 e. The molecule has 0 amide bonds. The van der Waals surface area contributed by atoms with E-state index < -0.39 is 92.5 Å². The largest absolute Gasteiger partial charge is 0.488 e. The van der Waals surface area contributed by atoms with Gasteiger partial charge in [0.05, 0.1) is 12.8 Å².